The molecule has 5 nitrogen and oxygen atoms in total. The Hall–Kier alpha value is -0.880. The fourth-order valence-electron chi connectivity index (χ4n) is 2.75. The fraction of sp³-hybridized carbons (Fsp3) is 0.231. The number of quaternary nitrogens is 1. The topological polar surface area (TPSA) is 74.6 Å². The van der Waals surface area contributed by atoms with Crippen LogP contribution in [0.25, 0.3) is 0 Å². The van der Waals surface area contributed by atoms with Gasteiger partial charge in [-0.05, 0) is 43.3 Å². The van der Waals surface area contributed by atoms with Gasteiger partial charge in [0.1, 0.15) is 18.0 Å². The molecular formula is C26H29Br2Cl3INO4. The van der Waals surface area contributed by atoms with Crippen LogP contribution in [-0.2, 0) is 6.54 Å². The summed E-state index contributed by atoms with van der Waals surface area (Å²) in [5.41, 5.74) is 2.02. The van der Waals surface area contributed by atoms with Gasteiger partial charge in [0.25, 0.3) is 0 Å². The average Bonchev–Trinajstić information content (AvgIpc) is 2.79. The number of halogens is 6. The quantitative estimate of drug-likeness (QED) is 0.161. The first kappa shape index (κ1) is 36.1. The second kappa shape index (κ2) is 19.2. The molecule has 0 saturated carbocycles. The van der Waals surface area contributed by atoms with Gasteiger partial charge in [-0.3, -0.25) is 9.59 Å². The predicted molar refractivity (Wildman–Crippen MR) is 157 cm³/mol. The number of Topliss-reactive ketones (excluding diaryl/α,β-unsaturated/α-hetero) is 2. The number of carbonyl (C=O) groups is 2. The van der Waals surface area contributed by atoms with Gasteiger partial charge in [-0.2, -0.15) is 0 Å². The molecular weight excluding hydrogens is 783 g/mol. The van der Waals surface area contributed by atoms with Crippen molar-refractivity contribution in [3.63, 3.8) is 0 Å². The molecule has 3 aromatic carbocycles. The van der Waals surface area contributed by atoms with Gasteiger partial charge in [0.05, 0.1) is 38.1 Å². The first-order chi connectivity index (χ1) is 17.2. The molecule has 3 aromatic rings. The molecule has 2 N–H and O–H groups in total. The maximum atomic E-state index is 11.0. The molecule has 0 amide bonds. The number of benzene rings is 3. The van der Waals surface area contributed by atoms with E-state index in [4.69, 9.17) is 29.4 Å². The largest absolute Gasteiger partial charge is 0.507 e. The predicted octanol–water partition coefficient (Wildman–Crippen LogP) is 5.21. The van der Waals surface area contributed by atoms with Crippen LogP contribution in [0.4, 0.5) is 0 Å². The summed E-state index contributed by atoms with van der Waals surface area (Å²) >= 11 is 11.2. The van der Waals surface area contributed by atoms with Gasteiger partial charge in [-0.25, -0.2) is 0 Å². The van der Waals surface area contributed by atoms with Crippen LogP contribution in [0.1, 0.15) is 33.2 Å². The minimum Gasteiger partial charge on any atom is -0.507 e. The molecule has 0 aromatic heterocycles. The van der Waals surface area contributed by atoms with E-state index >= 15 is 0 Å². The summed E-state index contributed by atoms with van der Waals surface area (Å²) < 4.78 is 2.48. The first-order valence-corrected chi connectivity index (χ1v) is 18.1. The molecule has 0 saturated heterocycles. The molecule has 0 aliphatic heterocycles. The van der Waals surface area contributed by atoms with E-state index in [0.29, 0.717) is 5.56 Å². The Morgan fingerprint density at radius 3 is 1.62 bits per heavy atom. The van der Waals surface area contributed by atoms with Crippen molar-refractivity contribution < 1.29 is 43.2 Å². The van der Waals surface area contributed by atoms with Crippen molar-refractivity contribution in [3.8, 4) is 11.5 Å². The summed E-state index contributed by atoms with van der Waals surface area (Å²) in [6.45, 7) is 2.52. The Labute approximate surface area is 258 Å². The van der Waals surface area contributed by atoms with Gasteiger partial charge >= 0.3 is 36.8 Å². The van der Waals surface area contributed by atoms with Crippen LogP contribution in [-0.4, -0.2) is 53.3 Å². The van der Waals surface area contributed by atoms with Gasteiger partial charge in [-0.15, -0.1) is 11.6 Å². The number of phenolic OH excluding ortho intramolecular Hbond substituents is 2. The van der Waals surface area contributed by atoms with Gasteiger partial charge in [0.2, 0.25) is 0 Å². The molecule has 0 atom stereocenters. The maximum Gasteiger partial charge on any atom is 0.181 e. The van der Waals surface area contributed by atoms with E-state index in [0.717, 1.165) is 20.0 Å². The molecule has 11 heteroatoms. The number of ketones is 2. The Morgan fingerprint density at radius 2 is 1.27 bits per heavy atom. The molecule has 37 heavy (non-hydrogen) atoms. The van der Waals surface area contributed by atoms with Crippen molar-refractivity contribution in [2.75, 3.05) is 27.0 Å². The summed E-state index contributed by atoms with van der Waals surface area (Å²) in [6, 6.07) is 20.0. The van der Waals surface area contributed by atoms with Crippen molar-refractivity contribution in [2.45, 2.75) is 13.5 Å². The van der Waals surface area contributed by atoms with Crippen LogP contribution < -0.4 is 18.9 Å². The molecule has 0 aliphatic carbocycles. The molecule has 0 aliphatic rings. The second-order valence-corrected chi connectivity index (χ2v) is 13.7. The number of hydrogen-bond donors (Lipinski definition) is 2. The molecule has 0 fully saturated rings. The van der Waals surface area contributed by atoms with Crippen LogP contribution in [0.5, 0.6) is 11.5 Å². The van der Waals surface area contributed by atoms with Crippen LogP contribution in [0, 0.1) is 0 Å². The molecule has 0 heterocycles. The normalized spacial score (nSPS) is 10.1. The third kappa shape index (κ3) is 16.6. The van der Waals surface area contributed by atoms with E-state index in [1.165, 1.54) is 30.7 Å². The second-order valence-electron chi connectivity index (χ2n) is 8.42. The van der Waals surface area contributed by atoms with Crippen LogP contribution >= 0.6 is 61.3 Å². The van der Waals surface area contributed by atoms with Gasteiger partial charge in [0, 0.05) is 14.5 Å². The first-order valence-electron chi connectivity index (χ1n) is 10.5. The zero-order valence-corrected chi connectivity index (χ0v) is 28.3. The maximum absolute atomic E-state index is 11.0. The number of nitrogens with zero attached hydrogens (tertiary/aromatic N) is 1. The van der Waals surface area contributed by atoms with Crippen LogP contribution in [0.15, 0.2) is 75.7 Å². The van der Waals surface area contributed by atoms with E-state index in [1.807, 2.05) is 0 Å². The molecule has 0 radical (unpaired) electrons. The summed E-state index contributed by atoms with van der Waals surface area (Å²) in [5.74, 6) is -0.548. The zero-order valence-electron chi connectivity index (χ0n) is 20.7. The van der Waals surface area contributed by atoms with Crippen molar-refractivity contribution in [3.05, 3.63) is 92.4 Å². The Kier molecular flexibility index (Phi) is 18.8. The standard InChI is InChI=1S/C10H16N.C8H6BrClO2.C8H7BrO2.Cl2I/c1-11(2,3)9-10-7-5-4-6-8-10;9-5-1-2-6(7(11)3-5)8(12)4-10;1-5(10)7-3-2-6(9)4-8(7)11;1-3-2/h4-8H,9H2,1-3H3;1-3,11H,4H2;2-4,11H,1H3;/q+1;;;-1. The van der Waals surface area contributed by atoms with Crippen molar-refractivity contribution in [2.24, 2.45) is 0 Å². The van der Waals surface area contributed by atoms with Crippen molar-refractivity contribution in [1.82, 2.24) is 0 Å². The van der Waals surface area contributed by atoms with Crippen LogP contribution in [0.3, 0.4) is 0 Å². The van der Waals surface area contributed by atoms with E-state index < -0.39 is 18.9 Å². The summed E-state index contributed by atoms with van der Waals surface area (Å²) in [4.78, 5) is 21.8. The SMILES string of the molecule is CC(=O)c1ccc(Br)cc1O.C[N+](C)(C)Cc1ccccc1.Cl[I-]Cl.O=C(CCl)c1ccc(Br)cc1O. The molecule has 0 unspecified atom stereocenters. The number of aromatic hydroxyl groups is 2. The number of alkyl halides is 1. The van der Waals surface area contributed by atoms with Crippen molar-refractivity contribution in [1.29, 1.82) is 0 Å². The summed E-state index contributed by atoms with van der Waals surface area (Å²) in [7, 11) is 16.4. The third-order valence-corrected chi connectivity index (χ3v) is 5.45. The minimum absolute atomic E-state index is 0.0203. The minimum atomic E-state index is -0.466. The Bertz CT molecular complexity index is 1130. The van der Waals surface area contributed by atoms with E-state index in [2.05, 4.69) is 83.3 Å². The third-order valence-electron chi connectivity index (χ3n) is 4.22. The van der Waals surface area contributed by atoms with Gasteiger partial charge < -0.3 is 14.7 Å². The zero-order chi connectivity index (χ0) is 28.6. The number of rotatable bonds is 5. The number of phenols is 2. The van der Waals surface area contributed by atoms with E-state index in [-0.39, 0.29) is 34.5 Å². The molecule has 0 spiro atoms. The molecule has 204 valence electrons. The molecule has 0 bridgehead atoms. The smallest absolute Gasteiger partial charge is 0.181 e. The monoisotopic (exact) mass is 809 g/mol. The van der Waals surface area contributed by atoms with Gasteiger partial charge in [0.15, 0.2) is 11.6 Å². The fourth-order valence-corrected chi connectivity index (χ4v) is 3.59. The summed E-state index contributed by atoms with van der Waals surface area (Å²) in [5, 5.41) is 18.5. The summed E-state index contributed by atoms with van der Waals surface area (Å²) in [6.07, 6.45) is 0. The average molecular weight is 813 g/mol. The van der Waals surface area contributed by atoms with Crippen molar-refractivity contribution >= 4 is 72.8 Å². The molecule has 3 rings (SSSR count). The Morgan fingerprint density at radius 1 is 0.838 bits per heavy atom. The number of hydrogen-bond acceptors (Lipinski definition) is 4. The van der Waals surface area contributed by atoms with Crippen LogP contribution in [0.2, 0.25) is 0 Å². The van der Waals surface area contributed by atoms with E-state index in [1.54, 1.807) is 18.2 Å². The number of carbonyl (C=O) groups excluding carboxylic acids is 2. The Balaban J connectivity index is 0.000000499. The van der Waals surface area contributed by atoms with E-state index in [9.17, 15) is 19.8 Å². The van der Waals surface area contributed by atoms with Gasteiger partial charge in [-0.1, -0.05) is 62.2 Å².